The SMILES string of the molecule is OCl.OCl.OCl.OCl.OCl.OCl.[Cr]. The first kappa shape index (κ1) is 45.9. The van der Waals surface area contributed by atoms with Crippen LogP contribution in [0.4, 0.5) is 0 Å². The predicted molar refractivity (Wildman–Crippen MR) is 48.4 cm³/mol. The molecule has 0 atom stereocenters. The monoisotopic (exact) mass is 364 g/mol. The van der Waals surface area contributed by atoms with Crippen LogP contribution >= 0.6 is 71.2 Å². The molecule has 0 aliphatic carbocycles. The van der Waals surface area contributed by atoms with E-state index in [-0.39, 0.29) is 17.4 Å². The Labute approximate surface area is 116 Å². The largest absolute Gasteiger partial charge is 0.295 e. The van der Waals surface area contributed by atoms with Gasteiger partial charge in [0.2, 0.25) is 0 Å². The third-order valence-electron chi connectivity index (χ3n) is 0. The number of rotatable bonds is 0. The number of halogens is 6. The molecule has 6 nitrogen and oxygen atoms in total. The molecule has 0 fully saturated rings. The fraction of sp³-hybridized carbons (Fsp3) is 0. The molecule has 0 aromatic rings. The second kappa shape index (κ2) is 577. The summed E-state index contributed by atoms with van der Waals surface area (Å²) >= 11 is 21.8. The molecule has 0 spiro atoms. The Morgan fingerprint density at radius 2 is 0.308 bits per heavy atom. The van der Waals surface area contributed by atoms with Crippen molar-refractivity contribution in [3.63, 3.8) is 0 Å². The van der Waals surface area contributed by atoms with Crippen LogP contribution in [0.2, 0.25) is 0 Å². The number of hydrogen-bond acceptors (Lipinski definition) is 6. The van der Waals surface area contributed by atoms with Crippen molar-refractivity contribution in [1.29, 1.82) is 0 Å². The van der Waals surface area contributed by atoms with Gasteiger partial charge in [-0.3, -0.25) is 28.0 Å². The van der Waals surface area contributed by atoms with Crippen molar-refractivity contribution in [2.45, 2.75) is 0 Å². The normalized spacial score (nSPS) is 2.77. The summed E-state index contributed by atoms with van der Waals surface area (Å²) in [6.07, 6.45) is 0. The van der Waals surface area contributed by atoms with Gasteiger partial charge in [-0.05, 0) is 0 Å². The van der Waals surface area contributed by atoms with Crippen LogP contribution in [0.1, 0.15) is 0 Å². The van der Waals surface area contributed by atoms with E-state index in [0.717, 1.165) is 0 Å². The fourth-order valence-electron chi connectivity index (χ4n) is 0. The van der Waals surface area contributed by atoms with Crippen molar-refractivity contribution in [2.24, 2.45) is 0 Å². The zero-order chi connectivity index (χ0) is 12.0. The summed E-state index contributed by atoms with van der Waals surface area (Å²) in [6.45, 7) is 0. The van der Waals surface area contributed by atoms with Gasteiger partial charge >= 0.3 is 0 Å². The van der Waals surface area contributed by atoms with E-state index in [9.17, 15) is 0 Å². The van der Waals surface area contributed by atoms with E-state index in [1.807, 2.05) is 0 Å². The van der Waals surface area contributed by atoms with Crippen molar-refractivity contribution in [1.82, 2.24) is 0 Å². The molecule has 0 amide bonds. The molecule has 0 bridgehead atoms. The van der Waals surface area contributed by atoms with Gasteiger partial charge in [0.05, 0.1) is 71.2 Å². The first-order valence-electron chi connectivity index (χ1n) is 1.01. The maximum absolute atomic E-state index is 6.47. The van der Waals surface area contributed by atoms with Crippen LogP contribution in [0.3, 0.4) is 0 Å². The molecule has 0 unspecified atom stereocenters. The standard InChI is InChI=1S/6ClHO.Cr/c6*1-2;/h6*2H;. The third kappa shape index (κ3) is 492. The Morgan fingerprint density at radius 1 is 0.308 bits per heavy atom. The first-order valence-corrected chi connectivity index (χ1v) is 3.04. The summed E-state index contributed by atoms with van der Waals surface area (Å²) in [5.41, 5.74) is 0. The van der Waals surface area contributed by atoms with Gasteiger partial charge in [-0.15, -0.1) is 0 Å². The molecule has 0 rings (SSSR count). The summed E-state index contributed by atoms with van der Waals surface area (Å²) in [4.78, 5) is 0. The molecule has 0 saturated heterocycles. The van der Waals surface area contributed by atoms with Crippen molar-refractivity contribution < 1.29 is 45.3 Å². The molecule has 0 aromatic heterocycles. The van der Waals surface area contributed by atoms with Crippen molar-refractivity contribution in [2.75, 3.05) is 0 Å². The average Bonchev–Trinajstić information content (AvgIpc) is 2.33. The molecule has 13 heavy (non-hydrogen) atoms. The van der Waals surface area contributed by atoms with E-state index < -0.39 is 0 Å². The van der Waals surface area contributed by atoms with Gasteiger partial charge < -0.3 is 0 Å². The van der Waals surface area contributed by atoms with Gasteiger partial charge in [0, 0.05) is 17.4 Å². The molecule has 0 radical (unpaired) electrons. The molecule has 13 heteroatoms. The quantitative estimate of drug-likeness (QED) is 0.377. The van der Waals surface area contributed by atoms with Crippen LogP contribution in [0.15, 0.2) is 0 Å². The Hall–Kier alpha value is 2.03. The van der Waals surface area contributed by atoms with Crippen LogP contribution in [0.25, 0.3) is 0 Å². The smallest absolute Gasteiger partial charge is 0.0579 e. The first-order chi connectivity index (χ1) is 6.00. The van der Waals surface area contributed by atoms with E-state index in [1.165, 1.54) is 0 Å². The maximum Gasteiger partial charge on any atom is 0.0579 e. The minimum atomic E-state index is 0. The Kier molecular flexibility index (Phi) is 2040. The van der Waals surface area contributed by atoms with Gasteiger partial charge in [0.15, 0.2) is 0 Å². The predicted octanol–water partition coefficient (Wildman–Crippen LogP) is 0.792. The third-order valence-corrected chi connectivity index (χ3v) is 0. The maximum atomic E-state index is 6.47. The average molecular weight is 367 g/mol. The van der Waals surface area contributed by atoms with Crippen LogP contribution in [-0.2, 0) is 17.4 Å². The van der Waals surface area contributed by atoms with Crippen LogP contribution in [0, 0.1) is 0 Å². The summed E-state index contributed by atoms with van der Waals surface area (Å²) in [5, 5.41) is 0. The fourth-order valence-corrected chi connectivity index (χ4v) is 0. The zero-order valence-corrected chi connectivity index (χ0v) is 11.2. The van der Waals surface area contributed by atoms with Crippen LogP contribution in [0.5, 0.6) is 0 Å². The molecule has 0 aromatic carbocycles. The Morgan fingerprint density at radius 3 is 0.308 bits per heavy atom. The minimum absolute atomic E-state index is 0. The molecule has 90 valence electrons. The van der Waals surface area contributed by atoms with E-state index in [4.69, 9.17) is 28.0 Å². The molecule has 6 N–H and O–H groups in total. The van der Waals surface area contributed by atoms with E-state index in [1.54, 1.807) is 0 Å². The van der Waals surface area contributed by atoms with Crippen molar-refractivity contribution >= 4 is 71.2 Å². The molecule has 0 heterocycles. The Balaban J connectivity index is -0.00000000655. The van der Waals surface area contributed by atoms with Crippen molar-refractivity contribution in [3.8, 4) is 0 Å². The summed E-state index contributed by atoms with van der Waals surface area (Å²) in [5.74, 6) is 0. The second-order valence-electron chi connectivity index (χ2n) is 0. The topological polar surface area (TPSA) is 121 Å². The van der Waals surface area contributed by atoms with Crippen LogP contribution < -0.4 is 0 Å². The van der Waals surface area contributed by atoms with Gasteiger partial charge in [-0.25, -0.2) is 0 Å². The Bertz CT molecular complexity index is 17.1. The second-order valence-corrected chi connectivity index (χ2v) is 0. The van der Waals surface area contributed by atoms with Crippen LogP contribution in [-0.4, -0.2) is 28.0 Å². The zero-order valence-electron chi connectivity index (χ0n) is 5.36. The van der Waals surface area contributed by atoms with E-state index >= 15 is 0 Å². The van der Waals surface area contributed by atoms with Gasteiger partial charge in [-0.2, -0.15) is 0 Å². The van der Waals surface area contributed by atoms with Crippen molar-refractivity contribution in [3.05, 3.63) is 0 Å². The summed E-state index contributed by atoms with van der Waals surface area (Å²) in [6, 6.07) is 0. The molecular weight excluding hydrogens is 361 g/mol. The molecule has 0 aliphatic heterocycles. The number of hydrogen-bond donors (Lipinski definition) is 6. The minimum Gasteiger partial charge on any atom is -0.295 e. The van der Waals surface area contributed by atoms with Gasteiger partial charge in [0.1, 0.15) is 0 Å². The van der Waals surface area contributed by atoms with E-state index in [0.29, 0.717) is 0 Å². The van der Waals surface area contributed by atoms with Gasteiger partial charge in [-0.1, -0.05) is 0 Å². The molecular formula is H6Cl6CrO6. The summed E-state index contributed by atoms with van der Waals surface area (Å²) in [7, 11) is 0. The molecule has 0 saturated carbocycles. The van der Waals surface area contributed by atoms with E-state index in [2.05, 4.69) is 71.2 Å². The molecule has 0 aliphatic rings. The summed E-state index contributed by atoms with van der Waals surface area (Å²) < 4.78 is 38.8. The van der Waals surface area contributed by atoms with Gasteiger partial charge in [0.25, 0.3) is 0 Å².